The van der Waals surface area contributed by atoms with Crippen molar-refractivity contribution in [3.63, 3.8) is 0 Å². The minimum absolute atomic E-state index is 0.0100. The van der Waals surface area contributed by atoms with Crippen molar-refractivity contribution in [3.05, 3.63) is 48.0 Å². The Bertz CT molecular complexity index is 1920. The molecule has 4 saturated heterocycles. The molecule has 0 unspecified atom stereocenters. The molecule has 7 rings (SSSR count). The van der Waals surface area contributed by atoms with Crippen LogP contribution in [0.3, 0.4) is 0 Å². The molecule has 2 aromatic carbocycles. The van der Waals surface area contributed by atoms with Crippen LogP contribution in [0.5, 0.6) is 0 Å². The fourth-order valence-corrected chi connectivity index (χ4v) is 10.8. The first-order valence-corrected chi connectivity index (χ1v) is 21.9. The average Bonchev–Trinajstić information content (AvgIpc) is 3.36. The van der Waals surface area contributed by atoms with Gasteiger partial charge in [-0.3, -0.25) is 14.7 Å². The third kappa shape index (κ3) is 8.57. The molecule has 5 aliphatic rings. The molecule has 2 aromatic rings. The molecule has 60 heavy (non-hydrogen) atoms. The van der Waals surface area contributed by atoms with E-state index >= 15 is 0 Å². The van der Waals surface area contributed by atoms with Gasteiger partial charge in [0.25, 0.3) is 0 Å². The fourth-order valence-electron chi connectivity index (χ4n) is 10.8. The number of amides is 1. The van der Waals surface area contributed by atoms with Crippen LogP contribution in [-0.4, -0.2) is 139 Å². The number of aliphatic hydroxyl groups is 1. The van der Waals surface area contributed by atoms with E-state index in [9.17, 15) is 14.7 Å². The summed E-state index contributed by atoms with van der Waals surface area (Å²) in [5, 5.41) is 18.6. The number of hydrogen-bond donors (Lipinski definition) is 1. The minimum Gasteiger partial charge on any atom is -0.458 e. The molecule has 4 fully saturated rings. The fraction of sp³-hybridized carbons (Fsp3) is 0.696. The lowest BCUT2D eigenvalue weighted by atomic mass is 9.72. The Kier molecular flexibility index (Phi) is 13.3. The summed E-state index contributed by atoms with van der Waals surface area (Å²) in [4.78, 5) is 43.1. The van der Waals surface area contributed by atoms with Crippen LogP contribution in [0.15, 0.2) is 52.6 Å². The van der Waals surface area contributed by atoms with Crippen LogP contribution in [0.25, 0.3) is 10.8 Å². The Labute approximate surface area is 354 Å². The molecule has 1 N–H and O–H groups in total. The van der Waals surface area contributed by atoms with E-state index in [-0.39, 0.29) is 43.8 Å². The van der Waals surface area contributed by atoms with Crippen LogP contribution in [0, 0.1) is 23.7 Å². The van der Waals surface area contributed by atoms with Gasteiger partial charge in [0.2, 0.25) is 0 Å². The topological polar surface area (TPSA) is 150 Å². The molecule has 330 valence electrons. The van der Waals surface area contributed by atoms with E-state index in [2.05, 4.69) is 37.2 Å². The highest BCUT2D eigenvalue weighted by molar-refractivity contribution is 5.91. The number of ether oxygens (including phenoxy) is 6. The molecular weight excluding hydrogens is 769 g/mol. The molecule has 5 heterocycles. The van der Waals surface area contributed by atoms with Gasteiger partial charge in [-0.05, 0) is 83.3 Å². The SMILES string of the molecule is CC[C@@H]1OC(=O)[C@H](C)[C@H]2OCC(=NOCc3cccc4ccccc34)CO[C@](C)(C[C@@H](C)C3=NCCN4C(=O)O[C@@]1(C)[C@H]4[C@H]3C)[C@@H](O[C@H]1O[C@@H](C)C[C@@H](N(C)C)[C@@H]1O)[C@@H]2C. The first-order chi connectivity index (χ1) is 28.6. The lowest BCUT2D eigenvalue weighted by Crippen LogP contribution is -2.60. The first kappa shape index (κ1) is 44.4. The number of oxime groups is 1. The highest BCUT2D eigenvalue weighted by Crippen LogP contribution is 2.45. The van der Waals surface area contributed by atoms with Crippen molar-refractivity contribution in [2.24, 2.45) is 33.8 Å². The first-order valence-electron chi connectivity index (χ1n) is 21.9. The maximum atomic E-state index is 14.6. The Balaban J connectivity index is 1.31. The van der Waals surface area contributed by atoms with Gasteiger partial charge in [-0.1, -0.05) is 75.3 Å². The number of nitrogens with zero attached hydrogens (tertiary/aromatic N) is 4. The number of aliphatic imine (C=N–C) groups is 1. The largest absolute Gasteiger partial charge is 0.458 e. The zero-order valence-corrected chi connectivity index (χ0v) is 37.0. The van der Waals surface area contributed by atoms with Gasteiger partial charge in [0.1, 0.15) is 24.5 Å². The summed E-state index contributed by atoms with van der Waals surface area (Å²) >= 11 is 0. The lowest BCUT2D eigenvalue weighted by Gasteiger charge is -2.48. The summed E-state index contributed by atoms with van der Waals surface area (Å²) in [6, 6.07) is 13.6. The average molecular weight is 835 g/mol. The quantitative estimate of drug-likeness (QED) is 0.259. The zero-order chi connectivity index (χ0) is 43.1. The molecule has 4 bridgehead atoms. The van der Waals surface area contributed by atoms with Crippen molar-refractivity contribution >= 4 is 34.3 Å². The van der Waals surface area contributed by atoms with E-state index in [1.165, 1.54) is 0 Å². The van der Waals surface area contributed by atoms with Crippen LogP contribution in [0.1, 0.15) is 80.2 Å². The number of hydrogen-bond acceptors (Lipinski definition) is 13. The standard InChI is InChI=1S/C46H66N4O10/c1-11-36-46(8)40-28(4)37(47-19-20-50(40)44(53)60-46)26(2)22-45(7)41(59-43-38(51)35(49(9)10)21-27(3)57-43)29(5)39(30(6)42(52)58-36)54-24-33(25-55-45)48-56-23-32-17-14-16-31-15-12-13-18-34(31)32/h12-18,26-30,35-36,38-41,43,51H,11,19-25H2,1-10H3/t26-,27+,28+,29-,30-,35-,36+,38+,39+,40-,41+,43-,45-,46-/m1/s1. The van der Waals surface area contributed by atoms with Gasteiger partial charge in [-0.2, -0.15) is 0 Å². The summed E-state index contributed by atoms with van der Waals surface area (Å²) in [6.07, 6.45) is -3.39. The molecule has 0 spiro atoms. The van der Waals surface area contributed by atoms with E-state index in [1.807, 2.05) is 77.9 Å². The molecule has 0 aromatic heterocycles. The Morgan fingerprint density at radius 2 is 1.77 bits per heavy atom. The highest BCUT2D eigenvalue weighted by Gasteiger charge is 2.60. The highest BCUT2D eigenvalue weighted by atomic mass is 16.7. The van der Waals surface area contributed by atoms with Gasteiger partial charge in [0, 0.05) is 30.1 Å². The van der Waals surface area contributed by atoms with Crippen molar-refractivity contribution in [2.75, 3.05) is 40.4 Å². The second-order valence-corrected chi connectivity index (χ2v) is 18.4. The number of aliphatic hydroxyl groups excluding tert-OH is 1. The van der Waals surface area contributed by atoms with Crippen molar-refractivity contribution in [1.82, 2.24) is 9.80 Å². The molecule has 1 amide bonds. The van der Waals surface area contributed by atoms with Crippen molar-refractivity contribution in [3.8, 4) is 0 Å². The van der Waals surface area contributed by atoms with Crippen molar-refractivity contribution in [1.29, 1.82) is 0 Å². The summed E-state index contributed by atoms with van der Waals surface area (Å²) in [7, 11) is 3.89. The van der Waals surface area contributed by atoms with Gasteiger partial charge in [-0.25, -0.2) is 4.79 Å². The van der Waals surface area contributed by atoms with Crippen LogP contribution in [0.2, 0.25) is 0 Å². The van der Waals surface area contributed by atoms with Crippen LogP contribution in [-0.2, 0) is 44.7 Å². The number of benzene rings is 2. The molecule has 14 heteroatoms. The zero-order valence-electron chi connectivity index (χ0n) is 37.0. The Hall–Kier alpha value is -3.66. The van der Waals surface area contributed by atoms with Gasteiger partial charge in [-0.15, -0.1) is 0 Å². The summed E-state index contributed by atoms with van der Waals surface area (Å²) in [6.45, 7) is 16.9. The molecule has 14 nitrogen and oxygen atoms in total. The minimum atomic E-state index is -1.13. The smallest absolute Gasteiger partial charge is 0.410 e. The maximum Gasteiger partial charge on any atom is 0.410 e. The summed E-state index contributed by atoms with van der Waals surface area (Å²) in [5.74, 6) is -2.22. The van der Waals surface area contributed by atoms with Crippen molar-refractivity contribution in [2.45, 2.75) is 141 Å². The molecule has 0 radical (unpaired) electrons. The number of carbonyl (C=O) groups excluding carboxylic acids is 2. The third-order valence-electron chi connectivity index (χ3n) is 13.8. The second kappa shape index (κ2) is 18.0. The maximum absolute atomic E-state index is 14.6. The Morgan fingerprint density at radius 1 is 1.02 bits per heavy atom. The molecule has 5 aliphatic heterocycles. The number of fused-ring (bicyclic) bond motifs is 5. The van der Waals surface area contributed by atoms with Gasteiger partial charge < -0.3 is 43.3 Å². The number of rotatable bonds is 7. The van der Waals surface area contributed by atoms with Crippen LogP contribution >= 0.6 is 0 Å². The van der Waals surface area contributed by atoms with E-state index in [1.54, 1.807) is 11.8 Å². The Morgan fingerprint density at radius 3 is 2.52 bits per heavy atom. The monoisotopic (exact) mass is 834 g/mol. The third-order valence-corrected chi connectivity index (χ3v) is 13.8. The van der Waals surface area contributed by atoms with Crippen molar-refractivity contribution < 1.29 is 48.0 Å². The van der Waals surface area contributed by atoms with Crippen LogP contribution in [0.4, 0.5) is 4.79 Å². The summed E-state index contributed by atoms with van der Waals surface area (Å²) < 4.78 is 40.0. The number of carbonyl (C=O) groups is 2. The van der Waals surface area contributed by atoms with E-state index < -0.39 is 71.8 Å². The summed E-state index contributed by atoms with van der Waals surface area (Å²) in [5.41, 5.74) is 0.198. The predicted molar refractivity (Wildman–Crippen MR) is 227 cm³/mol. The van der Waals surface area contributed by atoms with Gasteiger partial charge in [0.05, 0.1) is 55.6 Å². The molecular formula is C46H66N4O10. The number of esters is 1. The van der Waals surface area contributed by atoms with E-state index in [4.69, 9.17) is 38.3 Å². The van der Waals surface area contributed by atoms with E-state index in [0.717, 1.165) is 22.0 Å². The van der Waals surface area contributed by atoms with Crippen LogP contribution < -0.4 is 0 Å². The van der Waals surface area contributed by atoms with E-state index in [0.29, 0.717) is 38.1 Å². The molecule has 0 aliphatic carbocycles. The number of likely N-dealkylation sites (N-methyl/N-ethyl adjacent to an activating group) is 1. The second-order valence-electron chi connectivity index (χ2n) is 18.4. The predicted octanol–water partition coefficient (Wildman–Crippen LogP) is 6.00. The molecule has 0 saturated carbocycles. The van der Waals surface area contributed by atoms with Gasteiger partial charge in [0.15, 0.2) is 11.9 Å². The lowest BCUT2D eigenvalue weighted by molar-refractivity contribution is -0.302. The molecule has 14 atom stereocenters. The van der Waals surface area contributed by atoms with Gasteiger partial charge >= 0.3 is 12.1 Å². The number of cyclic esters (lactones) is 1. The normalized spacial score (nSPS) is 39.9.